The molecule has 1 aromatic heterocycles. The van der Waals surface area contributed by atoms with Crippen LogP contribution in [0.25, 0.3) is 10.8 Å². The largest absolute Gasteiger partial charge is 0.447 e. The predicted octanol–water partition coefficient (Wildman–Crippen LogP) is 2.46. The molecule has 1 aliphatic heterocycles. The molecule has 3 N–H and O–H groups in total. The predicted molar refractivity (Wildman–Crippen MR) is 91.1 cm³/mol. The van der Waals surface area contributed by atoms with Crippen molar-refractivity contribution in [3.63, 3.8) is 0 Å². The lowest BCUT2D eigenvalue weighted by Crippen LogP contribution is -2.30. The molecule has 1 aliphatic carbocycles. The van der Waals surface area contributed by atoms with E-state index < -0.39 is 18.2 Å². The highest BCUT2D eigenvalue weighted by atomic mass is 19.1. The standard InChI is InChI=1S/C17H17FN4O3/c1-8-7-25-17(24)22(8)10-2-9-3-15(20-6-12(9)14(19)4-10)21-16(23)11-5-13(11)18/h2-4,6,8,11,13H,5,7,19H2,1H3,(H,20,21,23)/t8-,11+,13-/m0/s1. The zero-order valence-electron chi connectivity index (χ0n) is 13.5. The van der Waals surface area contributed by atoms with Gasteiger partial charge in [0.2, 0.25) is 5.91 Å². The van der Waals surface area contributed by atoms with Crippen molar-refractivity contribution < 1.29 is 18.7 Å². The molecular weight excluding hydrogens is 327 g/mol. The van der Waals surface area contributed by atoms with Crippen LogP contribution in [0.2, 0.25) is 0 Å². The molecular formula is C17H17FN4O3. The molecule has 1 saturated carbocycles. The number of hydrogen-bond acceptors (Lipinski definition) is 5. The van der Waals surface area contributed by atoms with Crippen molar-refractivity contribution in [3.8, 4) is 0 Å². The van der Waals surface area contributed by atoms with Crippen molar-refractivity contribution in [2.24, 2.45) is 5.92 Å². The lowest BCUT2D eigenvalue weighted by molar-refractivity contribution is -0.117. The maximum atomic E-state index is 13.0. The lowest BCUT2D eigenvalue weighted by atomic mass is 10.1. The Morgan fingerprint density at radius 3 is 2.84 bits per heavy atom. The molecule has 2 fully saturated rings. The molecule has 4 rings (SSSR count). The summed E-state index contributed by atoms with van der Waals surface area (Å²) in [4.78, 5) is 29.5. The first-order chi connectivity index (χ1) is 11.9. The van der Waals surface area contributed by atoms with Crippen LogP contribution in [-0.2, 0) is 9.53 Å². The van der Waals surface area contributed by atoms with E-state index in [1.54, 1.807) is 24.4 Å². The van der Waals surface area contributed by atoms with Crippen LogP contribution in [0.4, 0.5) is 26.4 Å². The maximum absolute atomic E-state index is 13.0. The first-order valence-electron chi connectivity index (χ1n) is 8.04. The number of aromatic nitrogens is 1. The third-order valence-corrected chi connectivity index (χ3v) is 4.52. The fourth-order valence-corrected chi connectivity index (χ4v) is 3.01. The Morgan fingerprint density at radius 2 is 2.20 bits per heavy atom. The second-order valence-electron chi connectivity index (χ2n) is 6.47. The molecule has 3 atom stereocenters. The highest BCUT2D eigenvalue weighted by Gasteiger charge is 2.43. The number of rotatable bonds is 3. The monoisotopic (exact) mass is 344 g/mol. The average Bonchev–Trinajstić information content (AvgIpc) is 3.20. The Hall–Kier alpha value is -2.90. The molecule has 0 radical (unpaired) electrons. The van der Waals surface area contributed by atoms with Gasteiger partial charge in [0.15, 0.2) is 0 Å². The minimum absolute atomic E-state index is 0.0956. The molecule has 2 aromatic rings. The van der Waals surface area contributed by atoms with Gasteiger partial charge in [0.05, 0.1) is 17.6 Å². The van der Waals surface area contributed by atoms with Crippen molar-refractivity contribution in [1.82, 2.24) is 4.98 Å². The van der Waals surface area contributed by atoms with Gasteiger partial charge in [0, 0.05) is 17.3 Å². The van der Waals surface area contributed by atoms with Crippen LogP contribution in [0.3, 0.4) is 0 Å². The van der Waals surface area contributed by atoms with Crippen LogP contribution in [-0.4, -0.2) is 35.8 Å². The smallest absolute Gasteiger partial charge is 0.414 e. The molecule has 7 nitrogen and oxygen atoms in total. The third-order valence-electron chi connectivity index (χ3n) is 4.52. The fourth-order valence-electron chi connectivity index (χ4n) is 3.01. The number of fused-ring (bicyclic) bond motifs is 1. The summed E-state index contributed by atoms with van der Waals surface area (Å²) in [5, 5.41) is 4.04. The van der Waals surface area contributed by atoms with Crippen molar-refractivity contribution in [3.05, 3.63) is 24.4 Å². The number of carbonyl (C=O) groups excluding carboxylic acids is 2. The number of cyclic esters (lactones) is 1. The van der Waals surface area contributed by atoms with Gasteiger partial charge in [-0.3, -0.25) is 9.69 Å². The number of nitrogens with zero attached hydrogens (tertiary/aromatic N) is 2. The van der Waals surface area contributed by atoms with Crippen molar-refractivity contribution in [2.45, 2.75) is 25.6 Å². The van der Waals surface area contributed by atoms with E-state index in [0.29, 0.717) is 29.2 Å². The van der Waals surface area contributed by atoms with E-state index in [1.165, 1.54) is 4.90 Å². The summed E-state index contributed by atoms with van der Waals surface area (Å²) in [6.07, 6.45) is 0.322. The summed E-state index contributed by atoms with van der Waals surface area (Å²) in [7, 11) is 0. The zero-order chi connectivity index (χ0) is 17.7. The van der Waals surface area contributed by atoms with Gasteiger partial charge in [-0.2, -0.15) is 0 Å². The number of anilines is 3. The van der Waals surface area contributed by atoms with Crippen molar-refractivity contribution in [1.29, 1.82) is 0 Å². The Kier molecular flexibility index (Phi) is 3.48. The highest BCUT2D eigenvalue weighted by molar-refractivity contribution is 6.02. The van der Waals surface area contributed by atoms with Gasteiger partial charge < -0.3 is 15.8 Å². The first kappa shape index (κ1) is 15.6. The van der Waals surface area contributed by atoms with Gasteiger partial charge in [-0.05, 0) is 36.9 Å². The zero-order valence-corrected chi connectivity index (χ0v) is 13.5. The van der Waals surface area contributed by atoms with E-state index >= 15 is 0 Å². The molecule has 2 amide bonds. The number of alkyl halides is 1. The molecule has 2 aliphatic rings. The second-order valence-corrected chi connectivity index (χ2v) is 6.47. The summed E-state index contributed by atoms with van der Waals surface area (Å²) < 4.78 is 18.0. The SMILES string of the molecule is C[C@H]1COC(=O)N1c1cc(N)c2cnc(NC(=O)[C@@H]3C[C@@H]3F)cc2c1. The van der Waals surface area contributed by atoms with Gasteiger partial charge >= 0.3 is 6.09 Å². The van der Waals surface area contributed by atoms with E-state index in [9.17, 15) is 14.0 Å². The topological polar surface area (TPSA) is 97.6 Å². The highest BCUT2D eigenvalue weighted by Crippen LogP contribution is 2.35. The number of hydrogen-bond donors (Lipinski definition) is 2. The number of nitrogen functional groups attached to an aromatic ring is 1. The van der Waals surface area contributed by atoms with Crippen LogP contribution in [0.1, 0.15) is 13.3 Å². The van der Waals surface area contributed by atoms with Gasteiger partial charge in [-0.25, -0.2) is 14.2 Å². The van der Waals surface area contributed by atoms with Crippen LogP contribution in [0.15, 0.2) is 24.4 Å². The van der Waals surface area contributed by atoms with E-state index in [2.05, 4.69) is 10.3 Å². The van der Waals surface area contributed by atoms with Crippen LogP contribution < -0.4 is 16.0 Å². The first-order valence-corrected chi connectivity index (χ1v) is 8.04. The number of pyridine rings is 1. The van der Waals surface area contributed by atoms with E-state index in [1.807, 2.05) is 6.92 Å². The molecule has 130 valence electrons. The molecule has 1 saturated heterocycles. The summed E-state index contributed by atoms with van der Waals surface area (Å²) >= 11 is 0. The van der Waals surface area contributed by atoms with Crippen LogP contribution in [0, 0.1) is 5.92 Å². The number of ether oxygens (including phenoxy) is 1. The Balaban J connectivity index is 1.68. The second kappa shape index (κ2) is 5.58. The maximum Gasteiger partial charge on any atom is 0.414 e. The lowest BCUT2D eigenvalue weighted by Gasteiger charge is -2.19. The Bertz CT molecular complexity index is 888. The molecule has 0 bridgehead atoms. The molecule has 8 heteroatoms. The van der Waals surface area contributed by atoms with E-state index in [-0.39, 0.29) is 18.4 Å². The average molecular weight is 344 g/mol. The number of nitrogens with one attached hydrogen (secondary N) is 1. The normalized spacial score (nSPS) is 25.1. The van der Waals surface area contributed by atoms with Crippen molar-refractivity contribution >= 4 is 40.0 Å². The number of nitrogens with two attached hydrogens (primary N) is 1. The van der Waals surface area contributed by atoms with Gasteiger partial charge in [0.1, 0.15) is 18.6 Å². The summed E-state index contributed by atoms with van der Waals surface area (Å²) in [6, 6.07) is 5.06. The number of amides is 2. The van der Waals surface area contributed by atoms with Gasteiger partial charge in [0.25, 0.3) is 0 Å². The molecule has 25 heavy (non-hydrogen) atoms. The van der Waals surface area contributed by atoms with Gasteiger partial charge in [-0.15, -0.1) is 0 Å². The fraction of sp³-hybridized carbons (Fsp3) is 0.353. The minimum atomic E-state index is -1.06. The molecule has 0 unspecified atom stereocenters. The van der Waals surface area contributed by atoms with Crippen LogP contribution >= 0.6 is 0 Å². The summed E-state index contributed by atoms with van der Waals surface area (Å²) in [6.45, 7) is 2.20. The quantitative estimate of drug-likeness (QED) is 0.834. The molecule has 2 heterocycles. The van der Waals surface area contributed by atoms with Crippen LogP contribution in [0.5, 0.6) is 0 Å². The number of benzene rings is 1. The van der Waals surface area contributed by atoms with E-state index in [0.717, 1.165) is 5.39 Å². The van der Waals surface area contributed by atoms with E-state index in [4.69, 9.17) is 10.5 Å². The van der Waals surface area contributed by atoms with Crippen molar-refractivity contribution in [2.75, 3.05) is 22.6 Å². The third kappa shape index (κ3) is 2.73. The number of carbonyl (C=O) groups is 2. The minimum Gasteiger partial charge on any atom is -0.447 e. The molecule has 0 spiro atoms. The Morgan fingerprint density at radius 1 is 1.44 bits per heavy atom. The molecule has 1 aromatic carbocycles. The van der Waals surface area contributed by atoms with Gasteiger partial charge in [-0.1, -0.05) is 0 Å². The summed E-state index contributed by atoms with van der Waals surface area (Å²) in [5.74, 6) is -0.639. The number of halogens is 1. The summed E-state index contributed by atoms with van der Waals surface area (Å²) in [5.41, 5.74) is 7.18. The Labute approximate surface area is 142 Å².